The highest BCUT2D eigenvalue weighted by Gasteiger charge is 2.20. The molecule has 16 heavy (non-hydrogen) atoms. The number of thiazole rings is 1. The summed E-state index contributed by atoms with van der Waals surface area (Å²) in [5.74, 6) is -0.385. The van der Waals surface area contributed by atoms with Gasteiger partial charge in [0.25, 0.3) is 0 Å². The number of hydrogen-bond donors (Lipinski definition) is 0. The van der Waals surface area contributed by atoms with Crippen molar-refractivity contribution in [2.24, 2.45) is 0 Å². The smallest absolute Gasteiger partial charge is 0.357 e. The molecule has 0 aliphatic carbocycles. The second-order valence-electron chi connectivity index (χ2n) is 3.63. The first-order chi connectivity index (χ1) is 7.70. The van der Waals surface area contributed by atoms with Gasteiger partial charge in [0.2, 0.25) is 0 Å². The van der Waals surface area contributed by atoms with Crippen molar-refractivity contribution in [1.82, 2.24) is 4.98 Å². The number of hydrogen-bond acceptors (Lipinski definition) is 6. The third-order valence-electron chi connectivity index (χ3n) is 2.40. The molecule has 1 aromatic rings. The predicted octanol–water partition coefficient (Wildman–Crippen LogP) is 1.15. The highest BCUT2D eigenvalue weighted by molar-refractivity contribution is 7.13. The molecule has 0 N–H and O–H groups in total. The van der Waals surface area contributed by atoms with E-state index in [2.05, 4.69) is 14.6 Å². The van der Waals surface area contributed by atoms with Crippen LogP contribution in [0.5, 0.6) is 0 Å². The molecule has 0 aromatic carbocycles. The van der Waals surface area contributed by atoms with Gasteiger partial charge in [-0.2, -0.15) is 0 Å². The molecule has 0 saturated carbocycles. The Morgan fingerprint density at radius 2 is 2.56 bits per heavy atom. The second kappa shape index (κ2) is 4.80. The Labute approximate surface area is 98.0 Å². The van der Waals surface area contributed by atoms with E-state index in [1.807, 2.05) is 6.92 Å². The molecular formula is C10H14N2O3S. The molecule has 1 saturated heterocycles. The van der Waals surface area contributed by atoms with Gasteiger partial charge in [0.15, 0.2) is 10.8 Å². The summed E-state index contributed by atoms with van der Waals surface area (Å²) in [4.78, 5) is 17.6. The van der Waals surface area contributed by atoms with E-state index in [0.29, 0.717) is 12.3 Å². The molecule has 1 fully saturated rings. The molecule has 2 rings (SSSR count). The lowest BCUT2D eigenvalue weighted by molar-refractivity contribution is 0.0531. The van der Waals surface area contributed by atoms with Gasteiger partial charge in [0.1, 0.15) is 0 Å². The third kappa shape index (κ3) is 2.33. The molecule has 0 amide bonds. The van der Waals surface area contributed by atoms with E-state index >= 15 is 0 Å². The van der Waals surface area contributed by atoms with Crippen LogP contribution >= 0.6 is 11.3 Å². The Morgan fingerprint density at radius 1 is 1.75 bits per heavy atom. The predicted molar refractivity (Wildman–Crippen MR) is 61.1 cm³/mol. The zero-order chi connectivity index (χ0) is 11.5. The Bertz CT molecular complexity index is 380. The fraction of sp³-hybridized carbons (Fsp3) is 0.600. The molecule has 1 atom stereocenters. The van der Waals surface area contributed by atoms with Crippen molar-refractivity contribution in [3.8, 4) is 0 Å². The number of morpholine rings is 1. The van der Waals surface area contributed by atoms with Gasteiger partial charge in [-0.15, -0.1) is 11.3 Å². The SMILES string of the molecule is COC(=O)c1csc(N2CCOC(C)C2)n1. The van der Waals surface area contributed by atoms with Crippen molar-refractivity contribution in [3.63, 3.8) is 0 Å². The molecule has 5 nitrogen and oxygen atoms in total. The van der Waals surface area contributed by atoms with Crippen LogP contribution < -0.4 is 4.90 Å². The minimum Gasteiger partial charge on any atom is -0.464 e. The summed E-state index contributed by atoms with van der Waals surface area (Å²) >= 11 is 1.46. The average molecular weight is 242 g/mol. The molecule has 1 unspecified atom stereocenters. The molecule has 88 valence electrons. The van der Waals surface area contributed by atoms with Crippen LogP contribution in [0.3, 0.4) is 0 Å². The molecule has 0 radical (unpaired) electrons. The van der Waals surface area contributed by atoms with Crippen LogP contribution in [-0.2, 0) is 9.47 Å². The van der Waals surface area contributed by atoms with Crippen LogP contribution in [0.1, 0.15) is 17.4 Å². The Hall–Kier alpha value is -1.14. The lowest BCUT2D eigenvalue weighted by atomic mass is 10.3. The summed E-state index contributed by atoms with van der Waals surface area (Å²) in [6, 6.07) is 0. The number of methoxy groups -OCH3 is 1. The van der Waals surface area contributed by atoms with E-state index < -0.39 is 0 Å². The number of rotatable bonds is 2. The summed E-state index contributed by atoms with van der Waals surface area (Å²) in [6.45, 7) is 4.36. The minimum atomic E-state index is -0.385. The van der Waals surface area contributed by atoms with Crippen LogP contribution in [0, 0.1) is 0 Å². The van der Waals surface area contributed by atoms with Crippen LogP contribution in [-0.4, -0.2) is 43.9 Å². The number of aromatic nitrogens is 1. The van der Waals surface area contributed by atoms with E-state index in [-0.39, 0.29) is 12.1 Å². The summed E-state index contributed by atoms with van der Waals surface area (Å²) in [5.41, 5.74) is 0.377. The van der Waals surface area contributed by atoms with Crippen molar-refractivity contribution in [3.05, 3.63) is 11.1 Å². The van der Waals surface area contributed by atoms with Gasteiger partial charge in [-0.3, -0.25) is 0 Å². The Balaban J connectivity index is 2.09. The summed E-state index contributed by atoms with van der Waals surface area (Å²) in [5, 5.41) is 2.58. The number of anilines is 1. The number of esters is 1. The summed E-state index contributed by atoms with van der Waals surface area (Å²) in [7, 11) is 1.36. The zero-order valence-corrected chi connectivity index (χ0v) is 10.1. The van der Waals surface area contributed by atoms with Gasteiger partial charge >= 0.3 is 5.97 Å². The highest BCUT2D eigenvalue weighted by atomic mass is 32.1. The van der Waals surface area contributed by atoms with Gasteiger partial charge in [-0.25, -0.2) is 9.78 Å². The van der Waals surface area contributed by atoms with Crippen molar-refractivity contribution in [1.29, 1.82) is 0 Å². The quantitative estimate of drug-likeness (QED) is 0.728. The first-order valence-corrected chi connectivity index (χ1v) is 5.99. The van der Waals surface area contributed by atoms with E-state index in [0.717, 1.165) is 18.2 Å². The van der Waals surface area contributed by atoms with Gasteiger partial charge in [0, 0.05) is 18.5 Å². The molecule has 0 bridgehead atoms. The number of carbonyl (C=O) groups is 1. The number of carbonyl (C=O) groups excluding carboxylic acids is 1. The topological polar surface area (TPSA) is 51.7 Å². The first kappa shape index (κ1) is 11.3. The average Bonchev–Trinajstić information content (AvgIpc) is 2.77. The largest absolute Gasteiger partial charge is 0.464 e. The van der Waals surface area contributed by atoms with Crippen LogP contribution in [0.4, 0.5) is 5.13 Å². The summed E-state index contributed by atoms with van der Waals surface area (Å²) < 4.78 is 10.1. The van der Waals surface area contributed by atoms with Gasteiger partial charge in [0.05, 0.1) is 19.8 Å². The van der Waals surface area contributed by atoms with Gasteiger partial charge in [-0.05, 0) is 6.92 Å². The molecule has 0 spiro atoms. The lowest BCUT2D eigenvalue weighted by Crippen LogP contribution is -2.41. The third-order valence-corrected chi connectivity index (χ3v) is 3.30. The minimum absolute atomic E-state index is 0.208. The summed E-state index contributed by atoms with van der Waals surface area (Å²) in [6.07, 6.45) is 0.208. The Kier molecular flexibility index (Phi) is 3.40. The fourth-order valence-corrected chi connectivity index (χ4v) is 2.43. The number of nitrogens with zero attached hydrogens (tertiary/aromatic N) is 2. The highest BCUT2D eigenvalue weighted by Crippen LogP contribution is 2.22. The second-order valence-corrected chi connectivity index (χ2v) is 4.47. The molecule has 6 heteroatoms. The van der Waals surface area contributed by atoms with Crippen molar-refractivity contribution < 1.29 is 14.3 Å². The molecule has 1 aliphatic heterocycles. The Morgan fingerprint density at radius 3 is 3.25 bits per heavy atom. The van der Waals surface area contributed by atoms with Crippen molar-refractivity contribution in [2.45, 2.75) is 13.0 Å². The molecular weight excluding hydrogens is 228 g/mol. The maximum atomic E-state index is 11.3. The number of ether oxygens (including phenoxy) is 2. The van der Waals surface area contributed by atoms with Crippen molar-refractivity contribution >= 4 is 22.4 Å². The van der Waals surface area contributed by atoms with Crippen LogP contribution in [0.25, 0.3) is 0 Å². The van der Waals surface area contributed by atoms with Crippen LogP contribution in [0.2, 0.25) is 0 Å². The van der Waals surface area contributed by atoms with E-state index in [4.69, 9.17) is 4.74 Å². The maximum Gasteiger partial charge on any atom is 0.357 e. The van der Waals surface area contributed by atoms with E-state index in [9.17, 15) is 4.79 Å². The van der Waals surface area contributed by atoms with Gasteiger partial charge < -0.3 is 14.4 Å². The lowest BCUT2D eigenvalue weighted by Gasteiger charge is -2.30. The first-order valence-electron chi connectivity index (χ1n) is 5.11. The van der Waals surface area contributed by atoms with Crippen molar-refractivity contribution in [2.75, 3.05) is 31.7 Å². The molecule has 2 heterocycles. The van der Waals surface area contributed by atoms with Gasteiger partial charge in [-0.1, -0.05) is 0 Å². The maximum absolute atomic E-state index is 11.3. The monoisotopic (exact) mass is 242 g/mol. The molecule has 1 aliphatic rings. The fourth-order valence-electron chi connectivity index (χ4n) is 1.60. The standard InChI is InChI=1S/C10H14N2O3S/c1-7-5-12(3-4-15-7)10-11-8(6-16-10)9(13)14-2/h6-7H,3-5H2,1-2H3. The van der Waals surface area contributed by atoms with E-state index in [1.165, 1.54) is 18.4 Å². The van der Waals surface area contributed by atoms with Crippen LogP contribution in [0.15, 0.2) is 5.38 Å². The normalized spacial score (nSPS) is 20.9. The molecule has 1 aromatic heterocycles. The zero-order valence-electron chi connectivity index (χ0n) is 9.30. The van der Waals surface area contributed by atoms with E-state index in [1.54, 1.807) is 5.38 Å².